The number of para-hydroxylation sites is 1. The minimum atomic E-state index is -0.167. The second-order valence-corrected chi connectivity index (χ2v) is 5.74. The summed E-state index contributed by atoms with van der Waals surface area (Å²) in [5, 5.41) is 5.97. The van der Waals surface area contributed by atoms with Crippen LogP contribution in [0.3, 0.4) is 0 Å². The lowest BCUT2D eigenvalue weighted by molar-refractivity contribution is 0.0914. The zero-order chi connectivity index (χ0) is 14.1. The number of nitrogens with one attached hydrogen (secondary N) is 1. The predicted octanol–water partition coefficient (Wildman–Crippen LogP) is 4.29. The second-order valence-electron chi connectivity index (χ2n) is 4.76. The van der Waals surface area contributed by atoms with Crippen molar-refractivity contribution in [2.75, 3.05) is 0 Å². The first-order chi connectivity index (χ1) is 9.66. The Labute approximate surface area is 121 Å². The number of benzene rings is 1. The topological polar surface area (TPSA) is 42.2 Å². The lowest BCUT2D eigenvalue weighted by Gasteiger charge is -2.11. The molecule has 2 heterocycles. The summed E-state index contributed by atoms with van der Waals surface area (Å²) in [6.45, 7) is 3.89. The monoisotopic (exact) mass is 285 g/mol. The fourth-order valence-corrected chi connectivity index (χ4v) is 3.00. The summed E-state index contributed by atoms with van der Waals surface area (Å²) in [4.78, 5) is 13.5. The van der Waals surface area contributed by atoms with Gasteiger partial charge < -0.3 is 9.73 Å². The molecule has 1 unspecified atom stereocenters. The van der Waals surface area contributed by atoms with Gasteiger partial charge in [-0.3, -0.25) is 4.79 Å². The third-order valence-corrected chi connectivity index (χ3v) is 4.42. The second kappa shape index (κ2) is 5.13. The Morgan fingerprint density at radius 3 is 2.75 bits per heavy atom. The zero-order valence-electron chi connectivity index (χ0n) is 11.3. The number of amides is 1. The number of rotatable bonds is 3. The van der Waals surface area contributed by atoms with E-state index in [1.807, 2.05) is 55.6 Å². The molecule has 1 N–H and O–H groups in total. The Balaban J connectivity index is 1.87. The van der Waals surface area contributed by atoms with Crippen molar-refractivity contribution < 1.29 is 9.21 Å². The first kappa shape index (κ1) is 12.9. The van der Waals surface area contributed by atoms with E-state index >= 15 is 0 Å². The Morgan fingerprint density at radius 1 is 1.25 bits per heavy atom. The number of furan rings is 1. The van der Waals surface area contributed by atoms with E-state index in [4.69, 9.17) is 4.42 Å². The molecule has 4 heteroatoms. The van der Waals surface area contributed by atoms with E-state index in [2.05, 4.69) is 5.32 Å². The maximum absolute atomic E-state index is 12.3. The molecule has 2 aromatic heterocycles. The molecular weight excluding hydrogens is 270 g/mol. The molecule has 0 aliphatic rings. The minimum absolute atomic E-state index is 0.0184. The summed E-state index contributed by atoms with van der Waals surface area (Å²) in [6.07, 6.45) is 0. The van der Waals surface area contributed by atoms with E-state index in [-0.39, 0.29) is 11.9 Å². The highest BCUT2D eigenvalue weighted by molar-refractivity contribution is 7.10. The molecule has 1 aromatic carbocycles. The van der Waals surface area contributed by atoms with Crippen molar-refractivity contribution in [1.29, 1.82) is 0 Å². The minimum Gasteiger partial charge on any atom is -0.451 e. The molecule has 0 radical (unpaired) electrons. The Kier molecular flexibility index (Phi) is 3.32. The fourth-order valence-electron chi connectivity index (χ4n) is 2.26. The molecule has 20 heavy (non-hydrogen) atoms. The summed E-state index contributed by atoms with van der Waals surface area (Å²) < 4.78 is 5.67. The predicted molar refractivity (Wildman–Crippen MR) is 81.2 cm³/mol. The Morgan fingerprint density at radius 2 is 2.05 bits per heavy atom. The average Bonchev–Trinajstić information content (AvgIpc) is 3.07. The van der Waals surface area contributed by atoms with Gasteiger partial charge in [0.25, 0.3) is 5.91 Å². The quantitative estimate of drug-likeness (QED) is 0.780. The van der Waals surface area contributed by atoms with E-state index in [0.717, 1.165) is 21.4 Å². The van der Waals surface area contributed by atoms with E-state index in [0.29, 0.717) is 5.76 Å². The van der Waals surface area contributed by atoms with E-state index < -0.39 is 0 Å². The van der Waals surface area contributed by atoms with Gasteiger partial charge in [-0.25, -0.2) is 0 Å². The van der Waals surface area contributed by atoms with Crippen LogP contribution in [-0.2, 0) is 0 Å². The number of hydrogen-bond acceptors (Lipinski definition) is 3. The average molecular weight is 285 g/mol. The van der Waals surface area contributed by atoms with E-state index in [1.165, 1.54) is 0 Å². The summed E-state index contributed by atoms with van der Waals surface area (Å²) in [7, 11) is 0. The molecular formula is C16H15NO2S. The number of carbonyl (C=O) groups is 1. The van der Waals surface area contributed by atoms with Gasteiger partial charge in [0, 0.05) is 15.8 Å². The van der Waals surface area contributed by atoms with Crippen LogP contribution in [-0.4, -0.2) is 5.91 Å². The first-order valence-corrected chi connectivity index (χ1v) is 7.37. The number of hydrogen-bond donors (Lipinski definition) is 1. The molecule has 0 fully saturated rings. The van der Waals surface area contributed by atoms with Crippen molar-refractivity contribution in [1.82, 2.24) is 5.32 Å². The maximum Gasteiger partial charge on any atom is 0.287 e. The van der Waals surface area contributed by atoms with Crippen LogP contribution in [0.25, 0.3) is 11.0 Å². The lowest BCUT2D eigenvalue weighted by Crippen LogP contribution is -2.26. The number of aryl methyl sites for hydroxylation is 1. The smallest absolute Gasteiger partial charge is 0.287 e. The van der Waals surface area contributed by atoms with Crippen LogP contribution < -0.4 is 5.32 Å². The third-order valence-electron chi connectivity index (χ3n) is 3.37. The summed E-state index contributed by atoms with van der Waals surface area (Å²) in [6, 6.07) is 11.7. The van der Waals surface area contributed by atoms with Crippen LogP contribution in [0.1, 0.15) is 34.0 Å². The molecule has 0 spiro atoms. The Bertz CT molecular complexity index is 743. The third kappa shape index (κ3) is 2.23. The standard InChI is InChI=1S/C16H15NO2S/c1-10-12-6-3-4-7-13(12)19-15(10)16(18)17-11(2)14-8-5-9-20-14/h3-9,11H,1-2H3,(H,17,18). The highest BCUT2D eigenvalue weighted by Gasteiger charge is 2.19. The van der Waals surface area contributed by atoms with Crippen molar-refractivity contribution in [2.45, 2.75) is 19.9 Å². The number of carbonyl (C=O) groups excluding carboxylic acids is 1. The maximum atomic E-state index is 12.3. The molecule has 1 atom stereocenters. The largest absolute Gasteiger partial charge is 0.451 e. The number of fused-ring (bicyclic) bond motifs is 1. The van der Waals surface area contributed by atoms with Crippen LogP contribution in [0.5, 0.6) is 0 Å². The number of thiophene rings is 1. The van der Waals surface area contributed by atoms with Crippen LogP contribution in [0, 0.1) is 6.92 Å². The van der Waals surface area contributed by atoms with Gasteiger partial charge in [0.2, 0.25) is 0 Å². The van der Waals surface area contributed by atoms with Gasteiger partial charge in [0.15, 0.2) is 5.76 Å². The van der Waals surface area contributed by atoms with Crippen molar-refractivity contribution in [3.05, 3.63) is 58.0 Å². The molecule has 3 aromatic rings. The first-order valence-electron chi connectivity index (χ1n) is 6.49. The van der Waals surface area contributed by atoms with Crippen LogP contribution in [0.15, 0.2) is 46.2 Å². The van der Waals surface area contributed by atoms with Gasteiger partial charge in [0.1, 0.15) is 5.58 Å². The zero-order valence-corrected chi connectivity index (χ0v) is 12.2. The molecule has 0 bridgehead atoms. The van der Waals surface area contributed by atoms with Gasteiger partial charge in [0.05, 0.1) is 6.04 Å². The van der Waals surface area contributed by atoms with Crippen LogP contribution in [0.2, 0.25) is 0 Å². The van der Waals surface area contributed by atoms with Gasteiger partial charge in [-0.15, -0.1) is 11.3 Å². The summed E-state index contributed by atoms with van der Waals surface area (Å²) in [5.74, 6) is 0.231. The van der Waals surface area contributed by atoms with Gasteiger partial charge in [-0.05, 0) is 31.4 Å². The molecule has 1 amide bonds. The van der Waals surface area contributed by atoms with Crippen LogP contribution >= 0.6 is 11.3 Å². The van der Waals surface area contributed by atoms with Gasteiger partial charge in [-0.1, -0.05) is 24.3 Å². The van der Waals surface area contributed by atoms with Crippen molar-refractivity contribution in [3.8, 4) is 0 Å². The van der Waals surface area contributed by atoms with Crippen molar-refractivity contribution in [2.24, 2.45) is 0 Å². The molecule has 0 saturated carbocycles. The molecule has 0 aliphatic carbocycles. The molecule has 102 valence electrons. The van der Waals surface area contributed by atoms with Crippen molar-refractivity contribution in [3.63, 3.8) is 0 Å². The highest BCUT2D eigenvalue weighted by atomic mass is 32.1. The van der Waals surface area contributed by atoms with E-state index in [9.17, 15) is 4.79 Å². The SMILES string of the molecule is Cc1c(C(=O)NC(C)c2cccs2)oc2ccccc12. The van der Waals surface area contributed by atoms with Crippen molar-refractivity contribution >= 4 is 28.2 Å². The van der Waals surface area contributed by atoms with Gasteiger partial charge in [-0.2, -0.15) is 0 Å². The normalized spacial score (nSPS) is 12.5. The lowest BCUT2D eigenvalue weighted by atomic mass is 10.1. The molecule has 3 rings (SSSR count). The van der Waals surface area contributed by atoms with Crippen LogP contribution in [0.4, 0.5) is 0 Å². The van der Waals surface area contributed by atoms with Gasteiger partial charge >= 0.3 is 0 Å². The highest BCUT2D eigenvalue weighted by Crippen LogP contribution is 2.26. The Hall–Kier alpha value is -2.07. The summed E-state index contributed by atoms with van der Waals surface area (Å²) >= 11 is 1.63. The molecule has 0 saturated heterocycles. The summed E-state index contributed by atoms with van der Waals surface area (Å²) in [5.41, 5.74) is 1.63. The molecule has 3 nitrogen and oxygen atoms in total. The van der Waals surface area contributed by atoms with E-state index in [1.54, 1.807) is 11.3 Å². The molecule has 0 aliphatic heterocycles. The fraction of sp³-hybridized carbons (Fsp3) is 0.188.